The highest BCUT2D eigenvalue weighted by Crippen LogP contribution is 2.51. The molecule has 4 aliphatic rings. The van der Waals surface area contributed by atoms with Crippen LogP contribution in [0.25, 0.3) is 0 Å². The number of halogens is 1. The van der Waals surface area contributed by atoms with Crippen LogP contribution in [0.1, 0.15) is 42.5 Å². The predicted molar refractivity (Wildman–Crippen MR) is 147 cm³/mol. The summed E-state index contributed by atoms with van der Waals surface area (Å²) in [6.45, 7) is 6.91. The van der Waals surface area contributed by atoms with E-state index in [-0.39, 0.29) is 17.0 Å². The van der Waals surface area contributed by atoms with Gasteiger partial charge < -0.3 is 30.6 Å². The number of ether oxygens (including phenoxy) is 1. The Balaban J connectivity index is 0.00000264. The van der Waals surface area contributed by atoms with E-state index < -0.39 is 5.41 Å². The van der Waals surface area contributed by atoms with E-state index in [4.69, 9.17) is 14.1 Å². The van der Waals surface area contributed by atoms with E-state index in [2.05, 4.69) is 61.5 Å². The van der Waals surface area contributed by atoms with Gasteiger partial charge in [-0.25, -0.2) is 4.98 Å². The van der Waals surface area contributed by atoms with Gasteiger partial charge in [-0.15, -0.1) is 11.8 Å². The average Bonchev–Trinajstić information content (AvgIpc) is 3.42. The fourth-order valence-electron chi connectivity index (χ4n) is 6.94. The van der Waals surface area contributed by atoms with Gasteiger partial charge in [0, 0.05) is 40.5 Å². The minimum atomic E-state index is -0.493. The Labute approximate surface area is 239 Å². The van der Waals surface area contributed by atoms with Crippen molar-refractivity contribution in [1.29, 1.82) is 0 Å². The molecule has 0 N–H and O–H groups in total. The largest absolute Gasteiger partial charge is 1.00 e. The lowest BCUT2D eigenvalue weighted by atomic mass is 9.74. The molecule has 3 saturated heterocycles. The Morgan fingerprint density at radius 1 is 0.895 bits per heavy atom. The molecule has 5 heterocycles. The summed E-state index contributed by atoms with van der Waals surface area (Å²) in [5.41, 5.74) is 1.71. The van der Waals surface area contributed by atoms with Crippen LogP contribution in [-0.4, -0.2) is 34.9 Å². The molecule has 0 aliphatic carbocycles. The van der Waals surface area contributed by atoms with E-state index in [0.29, 0.717) is 0 Å². The standard InChI is InChI=1S/C32H33N2O2S.BrH/c1-32(27-11-5-7-13-29(27)36-30-14-8-6-12-28(30)32)31-33-19-25(35-31)21-34-17-15-23(16-18-34)24(20-34)22-37-26-9-3-2-4-10-26;/h2-14,19,23-24H,15-18,20-22H2,1H3;1H/q+1;/p-1/t23?,24-,34?;/m0./s1. The van der Waals surface area contributed by atoms with Crippen molar-refractivity contribution in [2.45, 2.75) is 36.6 Å². The van der Waals surface area contributed by atoms with Crippen LogP contribution < -0.4 is 21.7 Å². The normalized spacial score (nSPS) is 24.6. The van der Waals surface area contributed by atoms with Crippen molar-refractivity contribution in [2.24, 2.45) is 11.8 Å². The van der Waals surface area contributed by atoms with Crippen molar-refractivity contribution in [3.63, 3.8) is 0 Å². The van der Waals surface area contributed by atoms with Gasteiger partial charge in [0.15, 0.2) is 5.76 Å². The van der Waals surface area contributed by atoms with E-state index in [9.17, 15) is 0 Å². The average molecular weight is 590 g/mol. The lowest BCUT2D eigenvalue weighted by Crippen LogP contribution is -3.00. The van der Waals surface area contributed by atoms with Crippen LogP contribution in [0.4, 0.5) is 0 Å². The number of benzene rings is 3. The number of nitrogens with zero attached hydrogens (tertiary/aromatic N) is 2. The van der Waals surface area contributed by atoms with E-state index in [1.807, 2.05) is 42.2 Å². The second-order valence-electron chi connectivity index (χ2n) is 11.2. The maximum Gasteiger partial charge on any atom is 0.209 e. The molecule has 3 aromatic carbocycles. The van der Waals surface area contributed by atoms with E-state index >= 15 is 0 Å². The van der Waals surface area contributed by atoms with Crippen molar-refractivity contribution in [3.8, 4) is 11.5 Å². The number of quaternary nitrogens is 1. The molecule has 196 valence electrons. The summed E-state index contributed by atoms with van der Waals surface area (Å²) in [6.07, 6.45) is 4.65. The van der Waals surface area contributed by atoms with Crippen molar-refractivity contribution < 1.29 is 30.6 Å². The zero-order valence-electron chi connectivity index (χ0n) is 21.7. The van der Waals surface area contributed by atoms with Crippen molar-refractivity contribution in [3.05, 3.63) is 108 Å². The summed E-state index contributed by atoms with van der Waals surface area (Å²) in [5.74, 6) is 6.36. The lowest BCUT2D eigenvalue weighted by Gasteiger charge is -2.52. The zero-order valence-corrected chi connectivity index (χ0v) is 24.1. The summed E-state index contributed by atoms with van der Waals surface area (Å²) in [7, 11) is 0. The summed E-state index contributed by atoms with van der Waals surface area (Å²) in [5, 5.41) is 0. The Bertz CT molecular complexity index is 1370. The van der Waals surface area contributed by atoms with Crippen LogP contribution in [0.3, 0.4) is 0 Å². The van der Waals surface area contributed by atoms with Crippen molar-refractivity contribution in [2.75, 3.05) is 25.4 Å². The number of piperidine rings is 3. The second-order valence-corrected chi connectivity index (χ2v) is 12.3. The lowest BCUT2D eigenvalue weighted by molar-refractivity contribution is -0.959. The van der Waals surface area contributed by atoms with Gasteiger partial charge in [-0.3, -0.25) is 0 Å². The van der Waals surface area contributed by atoms with Crippen LogP contribution in [0.2, 0.25) is 0 Å². The van der Waals surface area contributed by atoms with Crippen molar-refractivity contribution >= 4 is 11.8 Å². The number of aromatic nitrogens is 1. The molecule has 0 spiro atoms. The molecule has 8 rings (SSSR count). The van der Waals surface area contributed by atoms with Gasteiger partial charge in [-0.2, -0.15) is 0 Å². The molecule has 6 heteroatoms. The molecule has 4 nitrogen and oxygen atoms in total. The number of para-hydroxylation sites is 2. The molecule has 0 saturated carbocycles. The maximum atomic E-state index is 6.66. The van der Waals surface area contributed by atoms with Gasteiger partial charge in [0.2, 0.25) is 5.89 Å². The van der Waals surface area contributed by atoms with Crippen LogP contribution in [0, 0.1) is 11.8 Å². The fraction of sp³-hybridized carbons (Fsp3) is 0.344. The van der Waals surface area contributed by atoms with Gasteiger partial charge in [-0.1, -0.05) is 54.6 Å². The molecular formula is C32H33BrN2O2S. The first-order valence-electron chi connectivity index (χ1n) is 13.5. The minimum Gasteiger partial charge on any atom is -1.00 e. The summed E-state index contributed by atoms with van der Waals surface area (Å²) in [4.78, 5) is 6.30. The molecule has 1 atom stereocenters. The van der Waals surface area contributed by atoms with E-state index in [1.54, 1.807) is 0 Å². The summed E-state index contributed by atoms with van der Waals surface area (Å²) in [6, 6.07) is 27.4. The molecular weight excluding hydrogens is 556 g/mol. The third kappa shape index (κ3) is 4.41. The molecule has 3 fully saturated rings. The molecule has 0 amide bonds. The highest BCUT2D eigenvalue weighted by molar-refractivity contribution is 7.99. The van der Waals surface area contributed by atoms with Gasteiger partial charge in [0.1, 0.15) is 23.5 Å². The van der Waals surface area contributed by atoms with Gasteiger partial charge in [0.05, 0.1) is 25.8 Å². The fourth-order valence-corrected chi connectivity index (χ4v) is 8.07. The molecule has 2 bridgehead atoms. The Kier molecular flexibility index (Phi) is 6.91. The molecule has 0 radical (unpaired) electrons. The molecule has 1 aromatic heterocycles. The van der Waals surface area contributed by atoms with Crippen LogP contribution in [0.5, 0.6) is 11.5 Å². The van der Waals surface area contributed by atoms with Crippen molar-refractivity contribution in [1.82, 2.24) is 4.98 Å². The maximum absolute atomic E-state index is 6.66. The predicted octanol–water partition coefficient (Wildman–Crippen LogP) is 4.29. The first kappa shape index (κ1) is 25.7. The first-order valence-corrected chi connectivity index (χ1v) is 14.5. The number of rotatable bonds is 6. The summed E-state index contributed by atoms with van der Waals surface area (Å²) < 4.78 is 14.1. The third-order valence-corrected chi connectivity index (χ3v) is 10.2. The number of hydrogen-bond donors (Lipinski definition) is 0. The Hall–Kier alpha value is -2.54. The number of hydrogen-bond acceptors (Lipinski definition) is 4. The van der Waals surface area contributed by atoms with E-state index in [1.165, 1.54) is 43.1 Å². The molecule has 0 unspecified atom stereocenters. The minimum absolute atomic E-state index is 0. The highest BCUT2D eigenvalue weighted by atomic mass is 79.9. The Morgan fingerprint density at radius 3 is 2.21 bits per heavy atom. The quantitative estimate of drug-likeness (QED) is 0.249. The number of fused-ring (bicyclic) bond motifs is 5. The van der Waals surface area contributed by atoms with Gasteiger partial charge in [0.25, 0.3) is 0 Å². The highest BCUT2D eigenvalue weighted by Gasteiger charge is 2.47. The summed E-state index contributed by atoms with van der Waals surface area (Å²) >= 11 is 2.02. The van der Waals surface area contributed by atoms with Gasteiger partial charge in [-0.05, 0) is 37.1 Å². The number of oxazole rings is 1. The van der Waals surface area contributed by atoms with Gasteiger partial charge >= 0.3 is 0 Å². The second kappa shape index (κ2) is 10.2. The monoisotopic (exact) mass is 588 g/mol. The van der Waals surface area contributed by atoms with Crippen LogP contribution >= 0.6 is 11.8 Å². The van der Waals surface area contributed by atoms with E-state index in [0.717, 1.165) is 57.1 Å². The molecule has 4 aromatic rings. The third-order valence-electron chi connectivity index (χ3n) is 8.99. The SMILES string of the molecule is CC1(c2ncc(C[N+]34CCC(CC3)[C@H](CSc3ccccc3)C4)o2)c2ccccc2Oc2ccccc21.[Br-]. The topological polar surface area (TPSA) is 35.3 Å². The first-order chi connectivity index (χ1) is 18.1. The zero-order chi connectivity index (χ0) is 24.9. The Morgan fingerprint density at radius 2 is 1.53 bits per heavy atom. The smallest absolute Gasteiger partial charge is 0.209 e. The number of thioether (sulfide) groups is 1. The van der Waals surface area contributed by atoms with Crippen LogP contribution in [-0.2, 0) is 12.0 Å². The van der Waals surface area contributed by atoms with Crippen LogP contribution in [0.15, 0.2) is 94.4 Å². The molecule has 4 aliphatic heterocycles. The molecule has 38 heavy (non-hydrogen) atoms.